The van der Waals surface area contributed by atoms with Crippen molar-refractivity contribution in [2.75, 3.05) is 6.61 Å². The third-order valence-corrected chi connectivity index (χ3v) is 5.96. The minimum atomic E-state index is -0.610. The number of ether oxygens (including phenoxy) is 1. The van der Waals surface area contributed by atoms with E-state index in [1.807, 2.05) is 20.8 Å². The topological polar surface area (TPSA) is 61.2 Å². The smallest absolute Gasteiger partial charge is 0.329 e. The number of aryl methyl sites for hydroxylation is 1. The lowest BCUT2D eigenvalue weighted by atomic mass is 9.89. The van der Waals surface area contributed by atoms with Crippen LogP contribution in [0.15, 0.2) is 11.1 Å². The van der Waals surface area contributed by atoms with E-state index in [2.05, 4.69) is 11.9 Å². The first kappa shape index (κ1) is 18.1. The van der Waals surface area contributed by atoms with Crippen LogP contribution in [0, 0.1) is 11.8 Å². The van der Waals surface area contributed by atoms with E-state index in [4.69, 9.17) is 4.74 Å². The number of fused-ring (bicyclic) bond motifs is 3. The predicted molar refractivity (Wildman–Crippen MR) is 100 cm³/mol. The molecule has 0 fully saturated rings. The zero-order chi connectivity index (χ0) is 18.1. The standard InChI is InChI=1S/C19H26N2O3S/c1-5-14(19(23)24-9-11(2)3)21-10-20-17-16(18(21)22)13-7-6-12(4)8-15(13)25-17/h10-12,14H,5-9H2,1-4H3. The van der Waals surface area contributed by atoms with Crippen LogP contribution in [0.25, 0.3) is 10.2 Å². The van der Waals surface area contributed by atoms with E-state index in [0.29, 0.717) is 24.3 Å². The first-order chi connectivity index (χ1) is 11.9. The molecule has 3 rings (SSSR count). The summed E-state index contributed by atoms with van der Waals surface area (Å²) < 4.78 is 6.83. The maximum absolute atomic E-state index is 13.1. The van der Waals surface area contributed by atoms with Crippen molar-refractivity contribution in [2.45, 2.75) is 59.4 Å². The van der Waals surface area contributed by atoms with Gasteiger partial charge in [-0.25, -0.2) is 9.78 Å². The molecule has 2 heterocycles. The fraction of sp³-hybridized carbons (Fsp3) is 0.632. The zero-order valence-corrected chi connectivity index (χ0v) is 16.2. The van der Waals surface area contributed by atoms with Crippen molar-refractivity contribution in [1.82, 2.24) is 9.55 Å². The summed E-state index contributed by atoms with van der Waals surface area (Å²) in [6.45, 7) is 8.49. The van der Waals surface area contributed by atoms with Gasteiger partial charge in [-0.3, -0.25) is 9.36 Å². The Hall–Kier alpha value is -1.69. The maximum Gasteiger partial charge on any atom is 0.329 e. The zero-order valence-electron chi connectivity index (χ0n) is 15.4. The van der Waals surface area contributed by atoms with Gasteiger partial charge in [-0.2, -0.15) is 0 Å². The second-order valence-electron chi connectivity index (χ2n) is 7.44. The first-order valence-electron chi connectivity index (χ1n) is 9.10. The van der Waals surface area contributed by atoms with Gasteiger partial charge in [-0.05, 0) is 43.1 Å². The lowest BCUT2D eigenvalue weighted by Crippen LogP contribution is -2.31. The van der Waals surface area contributed by atoms with Gasteiger partial charge in [0.1, 0.15) is 10.9 Å². The van der Waals surface area contributed by atoms with Gasteiger partial charge in [0.2, 0.25) is 0 Å². The maximum atomic E-state index is 13.1. The van der Waals surface area contributed by atoms with Gasteiger partial charge in [0.05, 0.1) is 18.3 Å². The number of rotatable bonds is 5. The highest BCUT2D eigenvalue weighted by atomic mass is 32.1. The van der Waals surface area contributed by atoms with Crippen molar-refractivity contribution < 1.29 is 9.53 Å². The summed E-state index contributed by atoms with van der Waals surface area (Å²) in [6, 6.07) is -0.610. The van der Waals surface area contributed by atoms with Gasteiger partial charge in [-0.15, -0.1) is 11.3 Å². The lowest BCUT2D eigenvalue weighted by Gasteiger charge is -2.19. The molecule has 0 aromatic carbocycles. The number of hydrogen-bond acceptors (Lipinski definition) is 5. The molecule has 2 aromatic heterocycles. The number of hydrogen-bond donors (Lipinski definition) is 0. The summed E-state index contributed by atoms with van der Waals surface area (Å²) in [6.07, 6.45) is 5.06. The van der Waals surface area contributed by atoms with Crippen LogP contribution in [0.2, 0.25) is 0 Å². The molecule has 0 saturated heterocycles. The van der Waals surface area contributed by atoms with E-state index < -0.39 is 6.04 Å². The Morgan fingerprint density at radius 1 is 1.48 bits per heavy atom. The van der Waals surface area contributed by atoms with E-state index >= 15 is 0 Å². The van der Waals surface area contributed by atoms with E-state index in [1.165, 1.54) is 15.8 Å². The van der Waals surface area contributed by atoms with Gasteiger partial charge in [0.15, 0.2) is 0 Å². The molecule has 0 radical (unpaired) electrons. The molecule has 1 aliphatic rings. The van der Waals surface area contributed by atoms with Gasteiger partial charge in [0, 0.05) is 4.88 Å². The summed E-state index contributed by atoms with van der Waals surface area (Å²) in [4.78, 5) is 32.1. The molecule has 6 heteroatoms. The van der Waals surface area contributed by atoms with E-state index in [-0.39, 0.29) is 17.4 Å². The molecule has 0 spiro atoms. The minimum Gasteiger partial charge on any atom is -0.464 e. The molecule has 0 amide bonds. The van der Waals surface area contributed by atoms with Crippen LogP contribution in [0.1, 0.15) is 57.0 Å². The van der Waals surface area contributed by atoms with Crippen molar-refractivity contribution >= 4 is 27.5 Å². The lowest BCUT2D eigenvalue weighted by molar-refractivity contribution is -0.149. The molecule has 2 unspecified atom stereocenters. The van der Waals surface area contributed by atoms with Crippen LogP contribution in [0.3, 0.4) is 0 Å². The average molecular weight is 362 g/mol. The molecular formula is C19H26N2O3S. The van der Waals surface area contributed by atoms with E-state index in [0.717, 1.165) is 29.7 Å². The Labute approximate surface area is 152 Å². The Morgan fingerprint density at radius 2 is 2.24 bits per heavy atom. The quantitative estimate of drug-likeness (QED) is 0.760. The van der Waals surface area contributed by atoms with E-state index in [1.54, 1.807) is 11.3 Å². The molecule has 2 atom stereocenters. The summed E-state index contributed by atoms with van der Waals surface area (Å²) in [5.74, 6) is 0.569. The molecule has 25 heavy (non-hydrogen) atoms. The van der Waals surface area contributed by atoms with Crippen molar-refractivity contribution in [2.24, 2.45) is 11.8 Å². The van der Waals surface area contributed by atoms with Crippen molar-refractivity contribution in [1.29, 1.82) is 0 Å². The Balaban J connectivity index is 2.00. The number of nitrogens with zero attached hydrogens (tertiary/aromatic N) is 2. The second kappa shape index (κ2) is 7.28. The highest BCUT2D eigenvalue weighted by Gasteiger charge is 2.27. The Morgan fingerprint density at radius 3 is 2.92 bits per heavy atom. The number of carbonyl (C=O) groups excluding carboxylic acids is 1. The third kappa shape index (κ3) is 3.50. The van der Waals surface area contributed by atoms with Crippen molar-refractivity contribution in [3.05, 3.63) is 27.1 Å². The first-order valence-corrected chi connectivity index (χ1v) is 9.92. The second-order valence-corrected chi connectivity index (χ2v) is 8.52. The van der Waals surface area contributed by atoms with Crippen LogP contribution in [-0.2, 0) is 22.4 Å². The number of esters is 1. The number of carbonyl (C=O) groups is 1. The third-order valence-electron chi connectivity index (χ3n) is 4.79. The molecule has 0 saturated carbocycles. The SMILES string of the molecule is CCC(C(=O)OCC(C)C)n1cnc2sc3c(c2c1=O)CCC(C)C3. The summed E-state index contributed by atoms with van der Waals surface area (Å²) in [5.41, 5.74) is 1.04. The largest absolute Gasteiger partial charge is 0.464 e. The Bertz CT molecular complexity index is 837. The van der Waals surface area contributed by atoms with Gasteiger partial charge >= 0.3 is 5.97 Å². The van der Waals surface area contributed by atoms with Crippen LogP contribution in [0.5, 0.6) is 0 Å². The molecule has 0 aliphatic heterocycles. The van der Waals surface area contributed by atoms with Gasteiger partial charge in [-0.1, -0.05) is 27.7 Å². The molecule has 1 aliphatic carbocycles. The summed E-state index contributed by atoms with van der Waals surface area (Å²) in [7, 11) is 0. The minimum absolute atomic E-state index is 0.106. The molecule has 2 aromatic rings. The van der Waals surface area contributed by atoms with Crippen LogP contribution in [0.4, 0.5) is 0 Å². The van der Waals surface area contributed by atoms with Crippen LogP contribution < -0.4 is 5.56 Å². The molecule has 0 N–H and O–H groups in total. The predicted octanol–water partition coefficient (Wildman–Crippen LogP) is 3.73. The van der Waals surface area contributed by atoms with Crippen molar-refractivity contribution in [3.8, 4) is 0 Å². The molecule has 5 nitrogen and oxygen atoms in total. The molecule has 136 valence electrons. The fourth-order valence-corrected chi connectivity index (χ4v) is 4.73. The highest BCUT2D eigenvalue weighted by molar-refractivity contribution is 7.18. The van der Waals surface area contributed by atoms with Crippen LogP contribution in [-0.4, -0.2) is 22.1 Å². The summed E-state index contributed by atoms with van der Waals surface area (Å²) >= 11 is 1.63. The van der Waals surface area contributed by atoms with E-state index in [9.17, 15) is 9.59 Å². The monoisotopic (exact) mass is 362 g/mol. The van der Waals surface area contributed by atoms with Crippen LogP contribution >= 0.6 is 11.3 Å². The molecule has 0 bridgehead atoms. The fourth-order valence-electron chi connectivity index (χ4n) is 3.39. The van der Waals surface area contributed by atoms with Crippen molar-refractivity contribution in [3.63, 3.8) is 0 Å². The highest BCUT2D eigenvalue weighted by Crippen LogP contribution is 2.35. The summed E-state index contributed by atoms with van der Waals surface area (Å²) in [5, 5.41) is 0.713. The normalized spacial score (nSPS) is 18.4. The Kier molecular flexibility index (Phi) is 5.27. The van der Waals surface area contributed by atoms with Gasteiger partial charge in [0.25, 0.3) is 5.56 Å². The number of thiophene rings is 1. The van der Waals surface area contributed by atoms with Gasteiger partial charge < -0.3 is 4.74 Å². The average Bonchev–Trinajstić information content (AvgIpc) is 2.93. The number of aromatic nitrogens is 2. The molecular weight excluding hydrogens is 336 g/mol.